The second kappa shape index (κ2) is 7.07. The van der Waals surface area contributed by atoms with Crippen LogP contribution in [0.3, 0.4) is 0 Å². The lowest BCUT2D eigenvalue weighted by Gasteiger charge is -2.14. The summed E-state index contributed by atoms with van der Waals surface area (Å²) in [5, 5.41) is 23.9. The van der Waals surface area contributed by atoms with Crippen molar-refractivity contribution in [2.75, 3.05) is 23.8 Å². The Kier molecular flexibility index (Phi) is 5.45. The molecule has 0 atom stereocenters. The minimum absolute atomic E-state index is 0.131. The number of hydrogen-bond donors (Lipinski definition) is 4. The minimum Gasteiger partial charge on any atom is -0.506 e. The number of benzene rings is 1. The second-order valence-electron chi connectivity index (χ2n) is 3.54. The smallest absolute Gasteiger partial charge is 0.411 e. The molecule has 1 aromatic rings. The standard InChI is InChI=1S/C12H16N2O6/c1-3-19-11(17)13-9-7(15)5-6-8(16)10(9)14-12(18)20-4-2/h5-6,15-16H,3-4H2,1-2H3,(H,13,17)(H,14,18). The predicted octanol–water partition coefficient (Wildman–Crippen LogP) is 2.23. The maximum absolute atomic E-state index is 11.4. The Morgan fingerprint density at radius 1 is 0.950 bits per heavy atom. The van der Waals surface area contributed by atoms with Crippen LogP contribution >= 0.6 is 0 Å². The van der Waals surface area contributed by atoms with Crippen LogP contribution in [0, 0.1) is 0 Å². The summed E-state index contributed by atoms with van der Waals surface area (Å²) < 4.78 is 9.32. The van der Waals surface area contributed by atoms with Gasteiger partial charge in [0.25, 0.3) is 0 Å². The first kappa shape index (κ1) is 15.4. The zero-order valence-corrected chi connectivity index (χ0v) is 11.1. The fourth-order valence-corrected chi connectivity index (χ4v) is 1.37. The highest BCUT2D eigenvalue weighted by atomic mass is 16.6. The molecule has 0 saturated heterocycles. The first-order valence-corrected chi connectivity index (χ1v) is 5.92. The zero-order chi connectivity index (χ0) is 15.1. The molecule has 8 heteroatoms. The molecule has 0 spiro atoms. The fraction of sp³-hybridized carbons (Fsp3) is 0.333. The number of nitrogens with one attached hydrogen (secondary N) is 2. The molecule has 2 amide bonds. The number of phenols is 2. The number of carbonyl (C=O) groups excluding carboxylic acids is 2. The van der Waals surface area contributed by atoms with Crippen LogP contribution in [0.15, 0.2) is 12.1 Å². The average Bonchev–Trinajstić information content (AvgIpc) is 2.38. The van der Waals surface area contributed by atoms with Crippen molar-refractivity contribution >= 4 is 23.6 Å². The van der Waals surface area contributed by atoms with E-state index in [1.807, 2.05) is 0 Å². The Labute approximate surface area is 115 Å². The Balaban J connectivity index is 3.04. The van der Waals surface area contributed by atoms with Gasteiger partial charge in [0.15, 0.2) is 0 Å². The van der Waals surface area contributed by atoms with E-state index in [1.54, 1.807) is 13.8 Å². The Hall–Kier alpha value is -2.64. The normalized spacial score (nSPS) is 9.70. The van der Waals surface area contributed by atoms with Crippen molar-refractivity contribution in [3.63, 3.8) is 0 Å². The Morgan fingerprint density at radius 3 is 1.60 bits per heavy atom. The first-order valence-electron chi connectivity index (χ1n) is 5.92. The molecule has 20 heavy (non-hydrogen) atoms. The lowest BCUT2D eigenvalue weighted by molar-refractivity contribution is 0.166. The SMILES string of the molecule is CCOC(=O)Nc1c(O)ccc(O)c1NC(=O)OCC. The van der Waals surface area contributed by atoms with E-state index in [9.17, 15) is 19.8 Å². The van der Waals surface area contributed by atoms with Crippen LogP contribution in [0.5, 0.6) is 11.5 Å². The fourth-order valence-electron chi connectivity index (χ4n) is 1.37. The second-order valence-corrected chi connectivity index (χ2v) is 3.54. The van der Waals surface area contributed by atoms with Crippen molar-refractivity contribution in [3.05, 3.63) is 12.1 Å². The van der Waals surface area contributed by atoms with E-state index in [0.29, 0.717) is 0 Å². The number of ether oxygens (including phenoxy) is 2. The monoisotopic (exact) mass is 284 g/mol. The summed E-state index contributed by atoms with van der Waals surface area (Å²) in [5.41, 5.74) is -0.368. The van der Waals surface area contributed by atoms with Gasteiger partial charge in [-0.1, -0.05) is 0 Å². The van der Waals surface area contributed by atoms with E-state index in [2.05, 4.69) is 20.1 Å². The van der Waals surface area contributed by atoms with Crippen LogP contribution in [0.25, 0.3) is 0 Å². The third kappa shape index (κ3) is 3.94. The highest BCUT2D eigenvalue weighted by molar-refractivity contribution is 5.99. The number of aromatic hydroxyl groups is 2. The molecular weight excluding hydrogens is 268 g/mol. The van der Waals surface area contributed by atoms with Gasteiger partial charge in [-0.2, -0.15) is 0 Å². The molecule has 4 N–H and O–H groups in total. The topological polar surface area (TPSA) is 117 Å². The average molecular weight is 284 g/mol. The molecule has 0 saturated carbocycles. The van der Waals surface area contributed by atoms with Gasteiger partial charge < -0.3 is 19.7 Å². The summed E-state index contributed by atoms with van der Waals surface area (Å²) in [5.74, 6) is -0.690. The van der Waals surface area contributed by atoms with Gasteiger partial charge in [0, 0.05) is 0 Å². The molecule has 110 valence electrons. The zero-order valence-electron chi connectivity index (χ0n) is 11.1. The maximum Gasteiger partial charge on any atom is 0.411 e. The van der Waals surface area contributed by atoms with Gasteiger partial charge in [0.2, 0.25) is 0 Å². The molecule has 0 heterocycles. The summed E-state index contributed by atoms with van der Waals surface area (Å²) >= 11 is 0. The number of carbonyl (C=O) groups is 2. The van der Waals surface area contributed by atoms with Crippen molar-refractivity contribution in [3.8, 4) is 11.5 Å². The molecule has 8 nitrogen and oxygen atoms in total. The molecule has 0 unspecified atom stereocenters. The number of amides is 2. The van der Waals surface area contributed by atoms with E-state index in [-0.39, 0.29) is 36.1 Å². The van der Waals surface area contributed by atoms with Gasteiger partial charge >= 0.3 is 12.2 Å². The highest BCUT2D eigenvalue weighted by Crippen LogP contribution is 2.39. The lowest BCUT2D eigenvalue weighted by atomic mass is 10.2. The molecule has 1 rings (SSSR count). The molecule has 0 aliphatic rings. The third-order valence-electron chi connectivity index (χ3n) is 2.17. The molecule has 0 radical (unpaired) electrons. The number of anilines is 2. The summed E-state index contributed by atoms with van der Waals surface area (Å²) in [6, 6.07) is 2.32. The van der Waals surface area contributed by atoms with Crippen molar-refractivity contribution in [1.29, 1.82) is 0 Å². The molecule has 0 fully saturated rings. The van der Waals surface area contributed by atoms with Crippen LogP contribution in [0.2, 0.25) is 0 Å². The van der Waals surface area contributed by atoms with E-state index >= 15 is 0 Å². The van der Waals surface area contributed by atoms with Gasteiger partial charge in [0.05, 0.1) is 13.2 Å². The van der Waals surface area contributed by atoms with Crippen LogP contribution < -0.4 is 10.6 Å². The summed E-state index contributed by atoms with van der Waals surface area (Å²) in [4.78, 5) is 22.7. The van der Waals surface area contributed by atoms with E-state index < -0.39 is 12.2 Å². The molecular formula is C12H16N2O6. The van der Waals surface area contributed by atoms with E-state index in [0.717, 1.165) is 12.1 Å². The summed E-state index contributed by atoms with van der Waals surface area (Å²) in [6.45, 7) is 3.48. The molecule has 0 aliphatic heterocycles. The summed E-state index contributed by atoms with van der Waals surface area (Å²) in [6.07, 6.45) is -1.67. The predicted molar refractivity (Wildman–Crippen MR) is 71.1 cm³/mol. The lowest BCUT2D eigenvalue weighted by Crippen LogP contribution is -2.18. The van der Waals surface area contributed by atoms with E-state index in [4.69, 9.17) is 0 Å². The Bertz CT molecular complexity index is 458. The van der Waals surface area contributed by atoms with E-state index in [1.165, 1.54) is 0 Å². The van der Waals surface area contributed by atoms with Gasteiger partial charge in [-0.05, 0) is 26.0 Å². The largest absolute Gasteiger partial charge is 0.506 e. The van der Waals surface area contributed by atoms with Crippen LogP contribution in [-0.2, 0) is 9.47 Å². The first-order chi connectivity index (χ1) is 9.49. The van der Waals surface area contributed by atoms with Crippen molar-refractivity contribution in [2.45, 2.75) is 13.8 Å². The van der Waals surface area contributed by atoms with Crippen LogP contribution in [0.1, 0.15) is 13.8 Å². The third-order valence-corrected chi connectivity index (χ3v) is 2.17. The number of hydrogen-bond acceptors (Lipinski definition) is 6. The Morgan fingerprint density at radius 2 is 1.30 bits per heavy atom. The van der Waals surface area contributed by atoms with Gasteiger partial charge in [-0.3, -0.25) is 10.6 Å². The van der Waals surface area contributed by atoms with Gasteiger partial charge in [-0.15, -0.1) is 0 Å². The van der Waals surface area contributed by atoms with Crippen molar-refractivity contribution < 1.29 is 29.3 Å². The number of phenolic OH excluding ortho intramolecular Hbond substituents is 2. The highest BCUT2D eigenvalue weighted by Gasteiger charge is 2.18. The number of rotatable bonds is 4. The van der Waals surface area contributed by atoms with Crippen molar-refractivity contribution in [1.82, 2.24) is 0 Å². The van der Waals surface area contributed by atoms with Gasteiger partial charge in [-0.25, -0.2) is 9.59 Å². The molecule has 0 bridgehead atoms. The summed E-state index contributed by atoms with van der Waals surface area (Å²) in [7, 11) is 0. The quantitative estimate of drug-likeness (QED) is 0.497. The molecule has 0 aliphatic carbocycles. The van der Waals surface area contributed by atoms with Crippen LogP contribution in [0.4, 0.5) is 21.0 Å². The molecule has 1 aromatic carbocycles. The maximum atomic E-state index is 11.4. The van der Waals surface area contributed by atoms with Crippen LogP contribution in [-0.4, -0.2) is 35.6 Å². The molecule has 0 aromatic heterocycles. The van der Waals surface area contributed by atoms with Gasteiger partial charge in [0.1, 0.15) is 22.9 Å². The van der Waals surface area contributed by atoms with Crippen molar-refractivity contribution in [2.24, 2.45) is 0 Å². The minimum atomic E-state index is -0.833.